The molecule has 0 bridgehead atoms. The van der Waals surface area contributed by atoms with Crippen LogP contribution in [-0.2, 0) is 4.79 Å². The van der Waals surface area contributed by atoms with Crippen LogP contribution < -0.4 is 10.6 Å². The van der Waals surface area contributed by atoms with Crippen LogP contribution in [0.3, 0.4) is 0 Å². The van der Waals surface area contributed by atoms with Crippen molar-refractivity contribution in [2.75, 3.05) is 39.3 Å². The van der Waals surface area contributed by atoms with Gasteiger partial charge in [0, 0.05) is 58.6 Å². The summed E-state index contributed by atoms with van der Waals surface area (Å²) in [6, 6.07) is -0.0245. The van der Waals surface area contributed by atoms with E-state index >= 15 is 0 Å². The number of hydrogen-bond acceptors (Lipinski definition) is 4. The van der Waals surface area contributed by atoms with Crippen molar-refractivity contribution >= 4 is 18.2 Å². The van der Waals surface area contributed by atoms with Gasteiger partial charge in [0.15, 0.2) is 0 Å². The Bertz CT molecular complexity index is 427. The average Bonchev–Trinajstić information content (AvgIpc) is 2.48. The highest BCUT2D eigenvalue weighted by Gasteiger charge is 2.22. The third-order valence-corrected chi connectivity index (χ3v) is 3.62. The van der Waals surface area contributed by atoms with Crippen LogP contribution in [0.1, 0.15) is 13.3 Å². The normalized spacial score (nSPS) is 22.1. The molecule has 0 spiro atoms. The summed E-state index contributed by atoms with van der Waals surface area (Å²) in [4.78, 5) is 31.1. The maximum atomic E-state index is 12.1. The van der Waals surface area contributed by atoms with Crippen LogP contribution in [0.15, 0.2) is 17.3 Å². The van der Waals surface area contributed by atoms with Crippen LogP contribution in [0.25, 0.3) is 0 Å². The van der Waals surface area contributed by atoms with Crippen LogP contribution in [0.4, 0.5) is 4.79 Å². The minimum absolute atomic E-state index is 0.000274. The molecule has 116 valence electrons. The molecule has 0 aromatic carbocycles. The van der Waals surface area contributed by atoms with E-state index in [1.807, 2.05) is 11.0 Å². The Balaban J connectivity index is 1.66. The molecule has 3 amide bonds. The fraction of sp³-hybridized carbons (Fsp3) is 0.643. The lowest BCUT2D eigenvalue weighted by Gasteiger charge is -2.35. The number of hydrogen-bond donors (Lipinski definition) is 2. The number of aliphatic imine (C=N–C) groups is 1. The Morgan fingerprint density at radius 1 is 1.29 bits per heavy atom. The number of rotatable bonds is 4. The van der Waals surface area contributed by atoms with Crippen LogP contribution in [0.5, 0.6) is 0 Å². The predicted molar refractivity (Wildman–Crippen MR) is 81.3 cm³/mol. The Labute approximate surface area is 125 Å². The number of nitrogens with zero attached hydrogens (tertiary/aromatic N) is 3. The first-order chi connectivity index (χ1) is 10.1. The van der Waals surface area contributed by atoms with Crippen molar-refractivity contribution < 1.29 is 9.59 Å². The van der Waals surface area contributed by atoms with E-state index in [1.165, 1.54) is 6.92 Å². The van der Waals surface area contributed by atoms with Gasteiger partial charge >= 0.3 is 6.03 Å². The Kier molecular flexibility index (Phi) is 5.74. The molecule has 2 aliphatic rings. The number of nitrogens with one attached hydrogen (secondary N) is 2. The van der Waals surface area contributed by atoms with Gasteiger partial charge in [0.2, 0.25) is 5.91 Å². The second-order valence-corrected chi connectivity index (χ2v) is 5.29. The molecule has 1 fully saturated rings. The predicted octanol–water partition coefficient (Wildman–Crippen LogP) is -0.193. The van der Waals surface area contributed by atoms with Crippen molar-refractivity contribution in [2.45, 2.75) is 19.4 Å². The van der Waals surface area contributed by atoms with Crippen LogP contribution >= 0.6 is 0 Å². The molecule has 7 heteroatoms. The lowest BCUT2D eigenvalue weighted by Crippen LogP contribution is -2.54. The van der Waals surface area contributed by atoms with E-state index in [0.29, 0.717) is 19.6 Å². The molecule has 0 saturated carbocycles. The lowest BCUT2D eigenvalue weighted by molar-refractivity contribution is -0.119. The van der Waals surface area contributed by atoms with Crippen LogP contribution in [0, 0.1) is 0 Å². The van der Waals surface area contributed by atoms with Gasteiger partial charge in [-0.2, -0.15) is 0 Å². The smallest absolute Gasteiger partial charge is 0.318 e. The van der Waals surface area contributed by atoms with Gasteiger partial charge < -0.3 is 15.5 Å². The summed E-state index contributed by atoms with van der Waals surface area (Å²) in [5, 5.41) is 5.76. The molecule has 7 nitrogen and oxygen atoms in total. The molecule has 2 N–H and O–H groups in total. The quantitative estimate of drug-likeness (QED) is 0.754. The first kappa shape index (κ1) is 15.5. The highest BCUT2D eigenvalue weighted by molar-refractivity contribution is 5.80. The molecule has 1 unspecified atom stereocenters. The van der Waals surface area contributed by atoms with E-state index in [4.69, 9.17) is 0 Å². The Morgan fingerprint density at radius 3 is 2.67 bits per heavy atom. The second-order valence-electron chi connectivity index (χ2n) is 5.29. The van der Waals surface area contributed by atoms with Crippen LogP contribution in [-0.4, -0.2) is 73.3 Å². The second kappa shape index (κ2) is 7.78. The molecule has 0 aliphatic carbocycles. The molecule has 0 radical (unpaired) electrons. The lowest BCUT2D eigenvalue weighted by atomic mass is 10.2. The molecular weight excluding hydrogens is 270 g/mol. The SMILES string of the molecule is CC(=O)NCCN1CCN(C(=O)NC2C=NC=CC2)CC1. The number of piperazine rings is 1. The summed E-state index contributed by atoms with van der Waals surface area (Å²) in [7, 11) is 0. The number of carbonyl (C=O) groups excluding carboxylic acids is 2. The molecule has 2 rings (SSSR count). The van der Waals surface area contributed by atoms with E-state index in [2.05, 4.69) is 20.5 Å². The van der Waals surface area contributed by atoms with E-state index in [1.54, 1.807) is 12.4 Å². The monoisotopic (exact) mass is 293 g/mol. The maximum absolute atomic E-state index is 12.1. The Hall–Kier alpha value is -1.89. The summed E-state index contributed by atoms with van der Waals surface area (Å²) in [5.74, 6) is -0.00351. The number of carbonyl (C=O) groups is 2. The molecule has 0 aromatic heterocycles. The van der Waals surface area contributed by atoms with E-state index < -0.39 is 0 Å². The summed E-state index contributed by atoms with van der Waals surface area (Å²) < 4.78 is 0. The first-order valence-electron chi connectivity index (χ1n) is 7.35. The molecule has 1 atom stereocenters. The van der Waals surface area contributed by atoms with Gasteiger partial charge in [-0.3, -0.25) is 14.7 Å². The summed E-state index contributed by atoms with van der Waals surface area (Å²) >= 11 is 0. The van der Waals surface area contributed by atoms with Gasteiger partial charge in [-0.15, -0.1) is 0 Å². The summed E-state index contributed by atoms with van der Waals surface area (Å²) in [6.07, 6.45) is 6.26. The average molecular weight is 293 g/mol. The molecule has 2 aliphatic heterocycles. The third-order valence-electron chi connectivity index (χ3n) is 3.62. The fourth-order valence-corrected chi connectivity index (χ4v) is 2.39. The standard InChI is InChI=1S/C14H23N5O2/c1-12(20)16-5-6-18-7-9-19(10-8-18)14(21)17-13-3-2-4-15-11-13/h2,4,11,13H,3,5-10H2,1H3,(H,16,20)(H,17,21). The molecule has 0 aromatic rings. The summed E-state index contributed by atoms with van der Waals surface area (Å²) in [6.45, 7) is 6.11. The van der Waals surface area contributed by atoms with Gasteiger partial charge in [-0.25, -0.2) is 4.79 Å². The van der Waals surface area contributed by atoms with Gasteiger partial charge in [0.1, 0.15) is 0 Å². The van der Waals surface area contributed by atoms with Gasteiger partial charge in [0.25, 0.3) is 0 Å². The largest absolute Gasteiger partial charge is 0.355 e. The third kappa shape index (κ3) is 5.18. The van der Waals surface area contributed by atoms with E-state index in [-0.39, 0.29) is 18.0 Å². The molecule has 21 heavy (non-hydrogen) atoms. The first-order valence-corrected chi connectivity index (χ1v) is 7.35. The number of urea groups is 1. The van der Waals surface area contributed by atoms with Crippen molar-refractivity contribution in [1.82, 2.24) is 20.4 Å². The zero-order valence-corrected chi connectivity index (χ0v) is 12.4. The minimum Gasteiger partial charge on any atom is -0.355 e. The fourth-order valence-electron chi connectivity index (χ4n) is 2.39. The van der Waals surface area contributed by atoms with Gasteiger partial charge in [-0.1, -0.05) is 6.08 Å². The Morgan fingerprint density at radius 2 is 2.05 bits per heavy atom. The molecular formula is C14H23N5O2. The van der Waals surface area contributed by atoms with Crippen molar-refractivity contribution in [2.24, 2.45) is 4.99 Å². The highest BCUT2D eigenvalue weighted by Crippen LogP contribution is 2.04. The summed E-state index contributed by atoms with van der Waals surface area (Å²) in [5.41, 5.74) is 0. The van der Waals surface area contributed by atoms with Crippen molar-refractivity contribution in [3.05, 3.63) is 12.3 Å². The molecule has 2 heterocycles. The van der Waals surface area contributed by atoms with E-state index in [9.17, 15) is 9.59 Å². The molecule has 1 saturated heterocycles. The zero-order chi connectivity index (χ0) is 15.1. The van der Waals surface area contributed by atoms with E-state index in [0.717, 1.165) is 26.1 Å². The number of amides is 3. The minimum atomic E-state index is -0.0248. The van der Waals surface area contributed by atoms with Crippen molar-refractivity contribution in [1.29, 1.82) is 0 Å². The zero-order valence-electron chi connectivity index (χ0n) is 12.4. The topological polar surface area (TPSA) is 77.0 Å². The highest BCUT2D eigenvalue weighted by atomic mass is 16.2. The van der Waals surface area contributed by atoms with Gasteiger partial charge in [-0.05, 0) is 6.42 Å². The van der Waals surface area contributed by atoms with Crippen molar-refractivity contribution in [3.8, 4) is 0 Å². The van der Waals surface area contributed by atoms with Gasteiger partial charge in [0.05, 0.1) is 6.04 Å². The van der Waals surface area contributed by atoms with Crippen molar-refractivity contribution in [3.63, 3.8) is 0 Å². The van der Waals surface area contributed by atoms with Crippen LogP contribution in [0.2, 0.25) is 0 Å². The maximum Gasteiger partial charge on any atom is 0.318 e.